The summed E-state index contributed by atoms with van der Waals surface area (Å²) in [4.78, 5) is 14.2. The summed E-state index contributed by atoms with van der Waals surface area (Å²) < 4.78 is 0. The first kappa shape index (κ1) is 11.9. The summed E-state index contributed by atoms with van der Waals surface area (Å²) >= 11 is 0. The van der Waals surface area contributed by atoms with E-state index < -0.39 is 0 Å². The number of amides is 1. The molecule has 0 aromatic heterocycles. The van der Waals surface area contributed by atoms with Crippen molar-refractivity contribution < 1.29 is 9.90 Å². The third kappa shape index (κ3) is 3.20. The molecule has 1 aromatic carbocycles. The monoisotopic (exact) mass is 234 g/mol. The highest BCUT2D eigenvalue weighted by atomic mass is 16.3. The number of aromatic hydroxyl groups is 1. The minimum absolute atomic E-state index is 0.110. The minimum atomic E-state index is -0.110. The van der Waals surface area contributed by atoms with Crippen molar-refractivity contribution in [2.45, 2.75) is 18.9 Å². The van der Waals surface area contributed by atoms with Crippen molar-refractivity contribution in [3.63, 3.8) is 0 Å². The van der Waals surface area contributed by atoms with Crippen LogP contribution in [0.4, 0.5) is 0 Å². The third-order valence-electron chi connectivity index (χ3n) is 3.07. The van der Waals surface area contributed by atoms with Crippen molar-refractivity contribution in [1.29, 1.82) is 0 Å². The number of likely N-dealkylation sites (N-methyl/N-ethyl adjacent to an activating group) is 1. The molecule has 0 radical (unpaired) electrons. The van der Waals surface area contributed by atoms with Gasteiger partial charge in [-0.1, -0.05) is 6.07 Å². The number of nitrogens with zero attached hydrogens (tertiary/aromatic N) is 1. The van der Waals surface area contributed by atoms with Crippen LogP contribution in [0.3, 0.4) is 0 Å². The van der Waals surface area contributed by atoms with Gasteiger partial charge in [0.2, 0.25) is 0 Å². The Morgan fingerprint density at radius 1 is 1.53 bits per heavy atom. The summed E-state index contributed by atoms with van der Waals surface area (Å²) in [6.07, 6.45) is 2.14. The predicted octanol–water partition coefficient (Wildman–Crippen LogP) is 1.22. The number of carbonyl (C=O) groups is 1. The first-order valence-corrected chi connectivity index (χ1v) is 5.93. The fraction of sp³-hybridized carbons (Fsp3) is 0.462. The highest BCUT2D eigenvalue weighted by Gasteiger charge is 2.19. The minimum Gasteiger partial charge on any atom is -0.508 e. The van der Waals surface area contributed by atoms with E-state index in [0.717, 1.165) is 25.9 Å². The molecule has 1 heterocycles. The lowest BCUT2D eigenvalue weighted by Gasteiger charge is -2.30. The molecule has 1 fully saturated rings. The fourth-order valence-corrected chi connectivity index (χ4v) is 2.20. The van der Waals surface area contributed by atoms with Crippen LogP contribution in [0.5, 0.6) is 5.75 Å². The van der Waals surface area contributed by atoms with Crippen molar-refractivity contribution in [3.05, 3.63) is 29.8 Å². The number of phenolic OH excluding ortho intramolecular Hbond substituents is 1. The summed E-state index contributed by atoms with van der Waals surface area (Å²) in [6.45, 7) is 1.99. The zero-order valence-electron chi connectivity index (χ0n) is 10.0. The van der Waals surface area contributed by atoms with Crippen molar-refractivity contribution in [3.8, 4) is 5.75 Å². The molecule has 2 rings (SSSR count). The summed E-state index contributed by atoms with van der Waals surface area (Å²) in [7, 11) is 2.06. The Morgan fingerprint density at radius 2 is 2.35 bits per heavy atom. The maximum absolute atomic E-state index is 11.9. The van der Waals surface area contributed by atoms with E-state index in [1.807, 2.05) is 0 Å². The van der Waals surface area contributed by atoms with Gasteiger partial charge in [0.05, 0.1) is 0 Å². The van der Waals surface area contributed by atoms with Crippen LogP contribution in [-0.4, -0.2) is 42.1 Å². The summed E-state index contributed by atoms with van der Waals surface area (Å²) in [5, 5.41) is 12.3. The van der Waals surface area contributed by atoms with E-state index in [0.29, 0.717) is 5.56 Å². The number of hydrogen-bond donors (Lipinski definition) is 2. The lowest BCUT2D eigenvalue weighted by Crippen LogP contribution is -2.46. The number of nitrogens with one attached hydrogen (secondary N) is 1. The molecule has 1 amide bonds. The second-order valence-electron chi connectivity index (χ2n) is 4.63. The molecule has 1 atom stereocenters. The molecule has 0 saturated carbocycles. The molecule has 1 aliphatic heterocycles. The van der Waals surface area contributed by atoms with E-state index in [9.17, 15) is 9.90 Å². The van der Waals surface area contributed by atoms with E-state index in [-0.39, 0.29) is 17.7 Å². The predicted molar refractivity (Wildman–Crippen MR) is 66.1 cm³/mol. The summed E-state index contributed by atoms with van der Waals surface area (Å²) in [6, 6.07) is 6.65. The van der Waals surface area contributed by atoms with Crippen molar-refractivity contribution in [1.82, 2.24) is 10.2 Å². The van der Waals surface area contributed by atoms with Crippen molar-refractivity contribution in [2.24, 2.45) is 0 Å². The van der Waals surface area contributed by atoms with Gasteiger partial charge in [-0.3, -0.25) is 4.79 Å². The van der Waals surface area contributed by atoms with Crippen LogP contribution in [0.1, 0.15) is 23.2 Å². The molecule has 1 aliphatic rings. The number of phenols is 1. The fourth-order valence-electron chi connectivity index (χ4n) is 2.20. The lowest BCUT2D eigenvalue weighted by molar-refractivity contribution is 0.0912. The zero-order chi connectivity index (χ0) is 12.3. The Kier molecular flexibility index (Phi) is 3.64. The quantitative estimate of drug-likeness (QED) is 0.809. The van der Waals surface area contributed by atoms with Gasteiger partial charge in [0.1, 0.15) is 5.75 Å². The maximum Gasteiger partial charge on any atom is 0.251 e. The molecule has 4 heteroatoms. The van der Waals surface area contributed by atoms with Crippen LogP contribution < -0.4 is 5.32 Å². The van der Waals surface area contributed by atoms with Gasteiger partial charge < -0.3 is 15.3 Å². The number of hydrogen-bond acceptors (Lipinski definition) is 3. The zero-order valence-corrected chi connectivity index (χ0v) is 10.0. The number of benzene rings is 1. The molecule has 1 saturated heterocycles. The first-order valence-electron chi connectivity index (χ1n) is 5.93. The molecule has 0 aliphatic carbocycles. The smallest absolute Gasteiger partial charge is 0.251 e. The number of rotatable bonds is 2. The van der Waals surface area contributed by atoms with E-state index in [1.54, 1.807) is 18.2 Å². The summed E-state index contributed by atoms with van der Waals surface area (Å²) in [5.41, 5.74) is 0.512. The van der Waals surface area contributed by atoms with Crippen LogP contribution in [0.15, 0.2) is 24.3 Å². The standard InChI is InChI=1S/C13H18N2O2/c1-15-7-3-5-11(9-15)14-13(17)10-4-2-6-12(16)8-10/h2,4,6,8,11,16H,3,5,7,9H2,1H3,(H,14,17). The average molecular weight is 234 g/mol. The average Bonchev–Trinajstić information content (AvgIpc) is 2.29. The molecule has 0 spiro atoms. The van der Waals surface area contributed by atoms with Crippen LogP contribution in [0.2, 0.25) is 0 Å². The van der Waals surface area contributed by atoms with E-state index in [1.165, 1.54) is 6.07 Å². The molecule has 1 unspecified atom stereocenters. The topological polar surface area (TPSA) is 52.6 Å². The van der Waals surface area contributed by atoms with Crippen LogP contribution >= 0.6 is 0 Å². The Balaban J connectivity index is 1.97. The van der Waals surface area contributed by atoms with E-state index >= 15 is 0 Å². The lowest BCUT2D eigenvalue weighted by atomic mass is 10.1. The largest absolute Gasteiger partial charge is 0.508 e. The third-order valence-corrected chi connectivity index (χ3v) is 3.07. The van der Waals surface area contributed by atoms with Gasteiger partial charge in [0.15, 0.2) is 0 Å². The highest BCUT2D eigenvalue weighted by Crippen LogP contribution is 2.12. The molecule has 2 N–H and O–H groups in total. The Labute approximate surface area is 101 Å². The molecule has 0 bridgehead atoms. The van der Waals surface area contributed by atoms with Gasteiger partial charge in [0.25, 0.3) is 5.91 Å². The summed E-state index contributed by atoms with van der Waals surface area (Å²) in [5.74, 6) is 0.0135. The van der Waals surface area contributed by atoms with Crippen LogP contribution in [-0.2, 0) is 0 Å². The molecule has 4 nitrogen and oxygen atoms in total. The molecule has 92 valence electrons. The van der Waals surface area contributed by atoms with Gasteiger partial charge in [-0.2, -0.15) is 0 Å². The van der Waals surface area contributed by atoms with Gasteiger partial charge in [-0.25, -0.2) is 0 Å². The normalized spacial score (nSPS) is 21.1. The SMILES string of the molecule is CN1CCCC(NC(=O)c2cccc(O)c2)C1. The van der Waals surface area contributed by atoms with Gasteiger partial charge in [-0.15, -0.1) is 0 Å². The second kappa shape index (κ2) is 5.19. The molecule has 1 aromatic rings. The van der Waals surface area contributed by atoms with Gasteiger partial charge in [0, 0.05) is 18.2 Å². The van der Waals surface area contributed by atoms with Gasteiger partial charge >= 0.3 is 0 Å². The number of piperidine rings is 1. The van der Waals surface area contributed by atoms with Crippen LogP contribution in [0.25, 0.3) is 0 Å². The molecule has 17 heavy (non-hydrogen) atoms. The first-order chi connectivity index (χ1) is 8.15. The van der Waals surface area contributed by atoms with Gasteiger partial charge in [-0.05, 0) is 44.6 Å². The Bertz CT molecular complexity index is 406. The molecular weight excluding hydrogens is 216 g/mol. The van der Waals surface area contributed by atoms with E-state index in [2.05, 4.69) is 17.3 Å². The Morgan fingerprint density at radius 3 is 3.06 bits per heavy atom. The maximum atomic E-state index is 11.9. The highest BCUT2D eigenvalue weighted by molar-refractivity contribution is 5.94. The Hall–Kier alpha value is -1.55. The van der Waals surface area contributed by atoms with E-state index in [4.69, 9.17) is 0 Å². The van der Waals surface area contributed by atoms with Crippen molar-refractivity contribution >= 4 is 5.91 Å². The number of likely N-dealkylation sites (tertiary alicyclic amines) is 1. The molecular formula is C13H18N2O2. The second-order valence-corrected chi connectivity index (χ2v) is 4.63. The number of carbonyl (C=O) groups excluding carboxylic acids is 1. The van der Waals surface area contributed by atoms with Crippen molar-refractivity contribution in [2.75, 3.05) is 20.1 Å². The van der Waals surface area contributed by atoms with Crippen LogP contribution in [0, 0.1) is 0 Å².